The Morgan fingerprint density at radius 2 is 1.90 bits per heavy atom. The van der Waals surface area contributed by atoms with Crippen molar-refractivity contribution >= 4 is 22.5 Å². The average Bonchev–Trinajstić information content (AvgIpc) is 3.61. The lowest BCUT2D eigenvalue weighted by Gasteiger charge is -2.41. The van der Waals surface area contributed by atoms with Crippen molar-refractivity contribution in [1.29, 1.82) is 0 Å². The van der Waals surface area contributed by atoms with Crippen molar-refractivity contribution in [3.63, 3.8) is 0 Å². The quantitative estimate of drug-likeness (QED) is 0.373. The average molecular weight is 529 g/mol. The molecular weight excluding hydrogens is 491 g/mol. The molecular formula is C30H37FN8. The van der Waals surface area contributed by atoms with Crippen molar-refractivity contribution in [2.75, 3.05) is 29.4 Å². The Balaban J connectivity index is 1.37. The van der Waals surface area contributed by atoms with E-state index in [-0.39, 0.29) is 17.2 Å². The summed E-state index contributed by atoms with van der Waals surface area (Å²) in [5.74, 6) is 2.47. The number of H-pyrrole nitrogens is 1. The van der Waals surface area contributed by atoms with Crippen molar-refractivity contribution in [1.82, 2.24) is 29.9 Å². The number of halogens is 1. The first-order chi connectivity index (χ1) is 18.7. The molecule has 2 fully saturated rings. The molecule has 2 aliphatic heterocycles. The van der Waals surface area contributed by atoms with E-state index in [0.717, 1.165) is 89.4 Å². The van der Waals surface area contributed by atoms with Gasteiger partial charge in [0.15, 0.2) is 17.5 Å². The number of fused-ring (bicyclic) bond motifs is 2. The van der Waals surface area contributed by atoms with E-state index in [2.05, 4.69) is 58.0 Å². The fourth-order valence-electron chi connectivity index (χ4n) is 6.69. The Kier molecular flexibility index (Phi) is 5.51. The number of rotatable bonds is 4. The lowest BCUT2D eigenvalue weighted by atomic mass is 9.84. The first-order valence-electron chi connectivity index (χ1n) is 14.3. The summed E-state index contributed by atoms with van der Waals surface area (Å²) in [6, 6.07) is 4.20. The van der Waals surface area contributed by atoms with Gasteiger partial charge in [-0.2, -0.15) is 10.2 Å². The lowest BCUT2D eigenvalue weighted by molar-refractivity contribution is 0.291. The Morgan fingerprint density at radius 1 is 1.08 bits per heavy atom. The van der Waals surface area contributed by atoms with Gasteiger partial charge in [-0.05, 0) is 56.6 Å². The molecule has 1 saturated carbocycles. The minimum Gasteiger partial charge on any atom is -0.356 e. The molecule has 0 atom stereocenters. The molecule has 8 nitrogen and oxygen atoms in total. The maximum atomic E-state index is 15.6. The molecule has 0 amide bonds. The van der Waals surface area contributed by atoms with Crippen LogP contribution in [0.2, 0.25) is 0 Å². The van der Waals surface area contributed by atoms with Crippen LogP contribution in [0.1, 0.15) is 73.7 Å². The first kappa shape index (κ1) is 24.5. The third-order valence-electron chi connectivity index (χ3n) is 8.83. The van der Waals surface area contributed by atoms with Crippen LogP contribution in [0, 0.1) is 25.1 Å². The Bertz CT molecular complexity index is 1590. The molecule has 0 bridgehead atoms. The number of benzene rings is 1. The molecule has 7 rings (SSSR count). The minimum atomic E-state index is -0.153. The number of hydrogen-bond donors (Lipinski definition) is 1. The van der Waals surface area contributed by atoms with Crippen LogP contribution in [-0.2, 0) is 20.0 Å². The zero-order valence-corrected chi connectivity index (χ0v) is 23.6. The minimum absolute atomic E-state index is 0.153. The molecule has 9 heteroatoms. The van der Waals surface area contributed by atoms with Crippen LogP contribution in [-0.4, -0.2) is 49.6 Å². The molecule has 0 spiro atoms. The molecule has 1 aromatic carbocycles. The number of hydrogen-bond acceptors (Lipinski definition) is 6. The number of nitrogens with zero attached hydrogens (tertiary/aromatic N) is 7. The van der Waals surface area contributed by atoms with Gasteiger partial charge >= 0.3 is 0 Å². The van der Waals surface area contributed by atoms with Crippen LogP contribution >= 0.6 is 0 Å². The topological polar surface area (TPSA) is 78.8 Å². The smallest absolute Gasteiger partial charge is 0.188 e. The summed E-state index contributed by atoms with van der Waals surface area (Å²) in [6.45, 7) is 12.0. The van der Waals surface area contributed by atoms with Crippen molar-refractivity contribution in [2.45, 2.75) is 72.3 Å². The van der Waals surface area contributed by atoms with E-state index in [0.29, 0.717) is 24.6 Å². The van der Waals surface area contributed by atoms with Gasteiger partial charge in [0.1, 0.15) is 11.5 Å². The molecule has 5 heterocycles. The number of aromatic amines is 1. The molecule has 0 unspecified atom stereocenters. The number of aromatic nitrogens is 6. The number of anilines is 2. The number of aryl methyl sites for hydroxylation is 3. The molecule has 3 aromatic heterocycles. The van der Waals surface area contributed by atoms with Crippen molar-refractivity contribution < 1.29 is 4.39 Å². The number of nitrogens with one attached hydrogen (secondary N) is 1. The normalized spacial score (nSPS) is 19.1. The third-order valence-corrected chi connectivity index (χ3v) is 8.83. The van der Waals surface area contributed by atoms with Crippen LogP contribution in [0.15, 0.2) is 12.1 Å². The summed E-state index contributed by atoms with van der Waals surface area (Å²) < 4.78 is 17.3. The van der Waals surface area contributed by atoms with E-state index in [4.69, 9.17) is 9.97 Å². The summed E-state index contributed by atoms with van der Waals surface area (Å²) in [6.07, 6.45) is 5.12. The summed E-state index contributed by atoms with van der Waals surface area (Å²) >= 11 is 0. The maximum Gasteiger partial charge on any atom is 0.188 e. The second-order valence-corrected chi connectivity index (χ2v) is 12.6. The first-order valence-corrected chi connectivity index (χ1v) is 14.3. The largest absolute Gasteiger partial charge is 0.356 e. The van der Waals surface area contributed by atoms with Crippen molar-refractivity contribution in [2.24, 2.45) is 12.5 Å². The van der Waals surface area contributed by atoms with E-state index < -0.39 is 0 Å². The summed E-state index contributed by atoms with van der Waals surface area (Å²) in [5, 5.41) is 13.3. The molecule has 0 radical (unpaired) electrons. The second kappa shape index (κ2) is 8.76. The molecule has 3 aliphatic rings. The van der Waals surface area contributed by atoms with Crippen LogP contribution < -0.4 is 9.80 Å². The van der Waals surface area contributed by atoms with E-state index in [9.17, 15) is 0 Å². The van der Waals surface area contributed by atoms with E-state index in [1.807, 2.05) is 14.0 Å². The summed E-state index contributed by atoms with van der Waals surface area (Å²) in [7, 11) is 1.87. The Morgan fingerprint density at radius 3 is 2.67 bits per heavy atom. The summed E-state index contributed by atoms with van der Waals surface area (Å²) in [4.78, 5) is 15.1. The van der Waals surface area contributed by atoms with Crippen LogP contribution in [0.4, 0.5) is 16.0 Å². The highest BCUT2D eigenvalue weighted by molar-refractivity contribution is 5.96. The monoisotopic (exact) mass is 528 g/mol. The van der Waals surface area contributed by atoms with Gasteiger partial charge in [-0.25, -0.2) is 19.0 Å². The standard InChI is InChI=1S/C30H37FN8/c1-17-7-10-22-24(18(2)34-35-22)23(17)27-32-21-11-14-38(29-25(31)26(19-8-9-19)36-37(29)5)15-20(21)28(33-27)39-13-6-12-30(3,4)16-39/h7,10,19H,6,8-9,11-16H2,1-5H3,(H,34,35). The molecule has 39 heavy (non-hydrogen) atoms. The third kappa shape index (κ3) is 4.08. The number of piperidine rings is 1. The van der Waals surface area contributed by atoms with E-state index in [1.165, 1.54) is 6.42 Å². The van der Waals surface area contributed by atoms with Crippen molar-refractivity contribution in [3.05, 3.63) is 46.2 Å². The zero-order chi connectivity index (χ0) is 27.1. The van der Waals surface area contributed by atoms with Crippen LogP contribution in [0.5, 0.6) is 0 Å². The molecule has 1 saturated heterocycles. The maximum absolute atomic E-state index is 15.6. The fraction of sp³-hybridized carbons (Fsp3) is 0.533. The Labute approximate surface area is 228 Å². The Hall–Kier alpha value is -3.49. The highest BCUT2D eigenvalue weighted by Crippen LogP contribution is 2.44. The summed E-state index contributed by atoms with van der Waals surface area (Å²) in [5.41, 5.74) is 7.15. The van der Waals surface area contributed by atoms with Gasteiger partial charge in [0.2, 0.25) is 0 Å². The van der Waals surface area contributed by atoms with Gasteiger partial charge in [0.25, 0.3) is 0 Å². The fourth-order valence-corrected chi connectivity index (χ4v) is 6.69. The second-order valence-electron chi connectivity index (χ2n) is 12.6. The predicted octanol–water partition coefficient (Wildman–Crippen LogP) is 5.58. The molecule has 1 N–H and O–H groups in total. The predicted molar refractivity (Wildman–Crippen MR) is 152 cm³/mol. The van der Waals surface area contributed by atoms with Gasteiger partial charge < -0.3 is 9.80 Å². The van der Waals surface area contributed by atoms with Gasteiger partial charge in [-0.3, -0.25) is 5.10 Å². The van der Waals surface area contributed by atoms with Gasteiger partial charge in [-0.1, -0.05) is 19.9 Å². The van der Waals surface area contributed by atoms with E-state index in [1.54, 1.807) is 4.68 Å². The van der Waals surface area contributed by atoms with Gasteiger partial charge in [0, 0.05) is 62.1 Å². The zero-order valence-electron chi connectivity index (χ0n) is 23.6. The van der Waals surface area contributed by atoms with E-state index >= 15 is 4.39 Å². The molecule has 4 aromatic rings. The van der Waals surface area contributed by atoms with Crippen LogP contribution in [0.25, 0.3) is 22.3 Å². The molecule has 204 valence electrons. The lowest BCUT2D eigenvalue weighted by Crippen LogP contribution is -2.42. The van der Waals surface area contributed by atoms with Crippen LogP contribution in [0.3, 0.4) is 0 Å². The highest BCUT2D eigenvalue weighted by atomic mass is 19.1. The molecule has 1 aliphatic carbocycles. The SMILES string of the molecule is Cc1ccc2[nH]nc(C)c2c1-c1nc2c(c(N3CCCC(C)(C)C3)n1)CN(c1c(F)c(C3CC3)nn1C)CC2. The highest BCUT2D eigenvalue weighted by Gasteiger charge is 2.36. The van der Waals surface area contributed by atoms with Gasteiger partial charge in [0.05, 0.1) is 16.9 Å². The van der Waals surface area contributed by atoms with Gasteiger partial charge in [-0.15, -0.1) is 0 Å². The van der Waals surface area contributed by atoms with Crippen molar-refractivity contribution in [3.8, 4) is 11.4 Å².